The van der Waals surface area contributed by atoms with E-state index in [1.54, 1.807) is 6.08 Å². The molecule has 1 heterocycles. The summed E-state index contributed by atoms with van der Waals surface area (Å²) in [6, 6.07) is 0.551. The van der Waals surface area contributed by atoms with Gasteiger partial charge in [0, 0.05) is 38.3 Å². The first-order valence-corrected chi connectivity index (χ1v) is 6.61. The van der Waals surface area contributed by atoms with E-state index in [0.29, 0.717) is 18.2 Å². The summed E-state index contributed by atoms with van der Waals surface area (Å²) in [5.74, 6) is 0. The van der Waals surface area contributed by atoms with E-state index in [-0.39, 0.29) is 4.92 Å². The summed E-state index contributed by atoms with van der Waals surface area (Å²) >= 11 is 0. The maximum absolute atomic E-state index is 10.6. The maximum Gasteiger partial charge on any atom is 0.246 e. The SMILES string of the molecule is CN(CCN(C)C1COC1)C1=CC=C([N+](=O)[O-])CC1. The Morgan fingerprint density at radius 2 is 2.05 bits per heavy atom. The first-order valence-electron chi connectivity index (χ1n) is 6.61. The molecule has 0 amide bonds. The van der Waals surface area contributed by atoms with E-state index in [0.717, 1.165) is 32.7 Å². The smallest absolute Gasteiger partial charge is 0.246 e. The Hall–Kier alpha value is -1.40. The first-order chi connectivity index (χ1) is 9.08. The van der Waals surface area contributed by atoms with E-state index >= 15 is 0 Å². The van der Waals surface area contributed by atoms with Crippen LogP contribution in [0.1, 0.15) is 12.8 Å². The molecule has 1 saturated heterocycles. The highest BCUT2D eigenvalue weighted by Crippen LogP contribution is 2.20. The number of likely N-dealkylation sites (N-methyl/N-ethyl adjacent to an activating group) is 2. The third-order valence-corrected chi connectivity index (χ3v) is 3.86. The lowest BCUT2D eigenvalue weighted by Crippen LogP contribution is -2.48. The van der Waals surface area contributed by atoms with Gasteiger partial charge in [0.25, 0.3) is 0 Å². The van der Waals surface area contributed by atoms with Crippen LogP contribution in [-0.4, -0.2) is 61.2 Å². The Bertz CT molecular complexity index is 402. The fourth-order valence-corrected chi connectivity index (χ4v) is 2.20. The minimum absolute atomic E-state index is 0.294. The molecule has 0 spiro atoms. The van der Waals surface area contributed by atoms with Crippen LogP contribution in [0.3, 0.4) is 0 Å². The third-order valence-electron chi connectivity index (χ3n) is 3.86. The molecule has 0 radical (unpaired) electrons. The van der Waals surface area contributed by atoms with E-state index in [9.17, 15) is 10.1 Å². The molecule has 0 N–H and O–H groups in total. The Morgan fingerprint density at radius 1 is 1.32 bits per heavy atom. The highest BCUT2D eigenvalue weighted by molar-refractivity contribution is 5.19. The number of allylic oxidation sites excluding steroid dienone is 4. The molecule has 2 aliphatic rings. The van der Waals surface area contributed by atoms with Crippen molar-refractivity contribution in [1.82, 2.24) is 9.80 Å². The quantitative estimate of drug-likeness (QED) is 0.532. The van der Waals surface area contributed by atoms with Crippen molar-refractivity contribution >= 4 is 0 Å². The van der Waals surface area contributed by atoms with Gasteiger partial charge in [-0.2, -0.15) is 0 Å². The molecule has 0 unspecified atom stereocenters. The summed E-state index contributed by atoms with van der Waals surface area (Å²) < 4.78 is 5.18. The minimum Gasteiger partial charge on any atom is -0.378 e. The molecule has 0 bridgehead atoms. The second-order valence-corrected chi connectivity index (χ2v) is 5.17. The van der Waals surface area contributed by atoms with E-state index in [4.69, 9.17) is 4.74 Å². The molecule has 0 aromatic carbocycles. The Balaban J connectivity index is 1.80. The van der Waals surface area contributed by atoms with Crippen molar-refractivity contribution < 1.29 is 9.66 Å². The lowest BCUT2D eigenvalue weighted by Gasteiger charge is -2.36. The Kier molecular flexibility index (Phi) is 4.55. The zero-order valence-electron chi connectivity index (χ0n) is 11.5. The minimum atomic E-state index is -0.294. The molecule has 6 heteroatoms. The molecular formula is C13H21N3O3. The van der Waals surface area contributed by atoms with Crippen LogP contribution < -0.4 is 0 Å². The summed E-state index contributed by atoms with van der Waals surface area (Å²) in [6.07, 6.45) is 4.77. The van der Waals surface area contributed by atoms with Crippen molar-refractivity contribution in [2.75, 3.05) is 40.4 Å². The van der Waals surface area contributed by atoms with Crippen molar-refractivity contribution in [1.29, 1.82) is 0 Å². The highest BCUT2D eigenvalue weighted by atomic mass is 16.6. The van der Waals surface area contributed by atoms with E-state index in [1.165, 1.54) is 5.70 Å². The molecule has 0 aromatic rings. The molecular weight excluding hydrogens is 246 g/mol. The van der Waals surface area contributed by atoms with Gasteiger partial charge in [-0.25, -0.2) is 0 Å². The zero-order chi connectivity index (χ0) is 13.8. The van der Waals surface area contributed by atoms with Gasteiger partial charge < -0.3 is 9.64 Å². The Morgan fingerprint density at radius 3 is 2.53 bits per heavy atom. The molecule has 1 fully saturated rings. The summed E-state index contributed by atoms with van der Waals surface area (Å²) in [5, 5.41) is 10.6. The summed E-state index contributed by atoms with van der Waals surface area (Å²) in [4.78, 5) is 14.8. The lowest BCUT2D eigenvalue weighted by molar-refractivity contribution is -0.428. The van der Waals surface area contributed by atoms with Crippen molar-refractivity contribution in [2.45, 2.75) is 18.9 Å². The van der Waals surface area contributed by atoms with E-state index in [2.05, 4.69) is 16.8 Å². The average Bonchev–Trinajstić information content (AvgIpc) is 2.34. The van der Waals surface area contributed by atoms with Crippen LogP contribution >= 0.6 is 0 Å². The van der Waals surface area contributed by atoms with Gasteiger partial charge in [-0.05, 0) is 19.5 Å². The standard InChI is InChI=1S/C13H21N3O3/c1-14(7-8-15(2)13-9-19-10-13)11-3-5-12(6-4-11)16(17)18/h3,5,13H,4,6-10H2,1-2H3. The Labute approximate surface area is 113 Å². The molecule has 19 heavy (non-hydrogen) atoms. The molecule has 0 atom stereocenters. The van der Waals surface area contributed by atoms with Crippen LogP contribution in [-0.2, 0) is 4.74 Å². The van der Waals surface area contributed by atoms with Gasteiger partial charge in [0.1, 0.15) is 0 Å². The predicted molar refractivity (Wildman–Crippen MR) is 72.3 cm³/mol. The van der Waals surface area contributed by atoms with Gasteiger partial charge in [-0.15, -0.1) is 0 Å². The van der Waals surface area contributed by atoms with Crippen molar-refractivity contribution in [3.63, 3.8) is 0 Å². The first kappa shape index (κ1) is 14.0. The van der Waals surface area contributed by atoms with E-state index < -0.39 is 0 Å². The van der Waals surface area contributed by atoms with Crippen LogP contribution in [0.2, 0.25) is 0 Å². The van der Waals surface area contributed by atoms with Crippen LogP contribution in [0.25, 0.3) is 0 Å². The predicted octanol–water partition coefficient (Wildman–Crippen LogP) is 1.09. The summed E-state index contributed by atoms with van der Waals surface area (Å²) in [6.45, 7) is 3.57. The van der Waals surface area contributed by atoms with E-state index in [1.807, 2.05) is 13.1 Å². The molecule has 6 nitrogen and oxygen atoms in total. The largest absolute Gasteiger partial charge is 0.378 e. The molecule has 106 valence electrons. The van der Waals surface area contributed by atoms with Crippen molar-refractivity contribution in [2.24, 2.45) is 0 Å². The van der Waals surface area contributed by atoms with Gasteiger partial charge in [-0.3, -0.25) is 15.0 Å². The van der Waals surface area contributed by atoms with Gasteiger partial charge in [0.05, 0.1) is 24.2 Å². The van der Waals surface area contributed by atoms with Crippen molar-refractivity contribution in [3.8, 4) is 0 Å². The van der Waals surface area contributed by atoms with Gasteiger partial charge >= 0.3 is 0 Å². The number of nitro groups is 1. The molecule has 0 saturated carbocycles. The number of ether oxygens (including phenoxy) is 1. The third kappa shape index (κ3) is 3.54. The maximum atomic E-state index is 10.6. The van der Waals surface area contributed by atoms with Crippen LogP contribution in [0.4, 0.5) is 0 Å². The molecule has 1 aliphatic carbocycles. The molecule has 2 rings (SSSR count). The van der Waals surface area contributed by atoms with Gasteiger partial charge in [0.2, 0.25) is 5.70 Å². The number of rotatable bonds is 6. The van der Waals surface area contributed by atoms with Gasteiger partial charge in [0.15, 0.2) is 0 Å². The van der Waals surface area contributed by atoms with Gasteiger partial charge in [-0.1, -0.05) is 0 Å². The summed E-state index contributed by atoms with van der Waals surface area (Å²) in [5.41, 5.74) is 1.48. The average molecular weight is 267 g/mol. The second kappa shape index (κ2) is 6.16. The number of nitrogens with zero attached hydrogens (tertiary/aromatic N) is 3. The zero-order valence-corrected chi connectivity index (χ0v) is 11.5. The number of hydrogen-bond donors (Lipinski definition) is 0. The second-order valence-electron chi connectivity index (χ2n) is 5.17. The van der Waals surface area contributed by atoms with Crippen LogP contribution in [0, 0.1) is 10.1 Å². The topological polar surface area (TPSA) is 58.8 Å². The molecule has 0 aromatic heterocycles. The lowest BCUT2D eigenvalue weighted by atomic mass is 10.1. The number of hydrogen-bond acceptors (Lipinski definition) is 5. The summed E-state index contributed by atoms with van der Waals surface area (Å²) in [7, 11) is 4.16. The fraction of sp³-hybridized carbons (Fsp3) is 0.692. The normalized spacial score (nSPS) is 19.7. The van der Waals surface area contributed by atoms with Crippen LogP contribution in [0.5, 0.6) is 0 Å². The molecule has 1 aliphatic heterocycles. The van der Waals surface area contributed by atoms with Crippen molar-refractivity contribution in [3.05, 3.63) is 33.7 Å². The monoisotopic (exact) mass is 267 g/mol. The highest BCUT2D eigenvalue weighted by Gasteiger charge is 2.23. The fourth-order valence-electron chi connectivity index (χ4n) is 2.20. The van der Waals surface area contributed by atoms with Crippen LogP contribution in [0.15, 0.2) is 23.5 Å².